The van der Waals surface area contributed by atoms with Crippen LogP contribution in [0.15, 0.2) is 36.5 Å². The van der Waals surface area contributed by atoms with E-state index in [1.807, 2.05) is 24.9 Å². The van der Waals surface area contributed by atoms with Crippen molar-refractivity contribution in [1.82, 2.24) is 20.0 Å². The largest absolute Gasteiger partial charge is 0.377 e. The van der Waals surface area contributed by atoms with Gasteiger partial charge in [-0.2, -0.15) is 5.10 Å². The highest BCUT2D eigenvalue weighted by Gasteiger charge is 2.51. The Bertz CT molecular complexity index is 834. The Labute approximate surface area is 166 Å². The van der Waals surface area contributed by atoms with Crippen LogP contribution in [0.25, 0.3) is 11.3 Å². The Morgan fingerprint density at radius 2 is 2.11 bits per heavy atom. The van der Waals surface area contributed by atoms with Crippen molar-refractivity contribution in [3.63, 3.8) is 0 Å². The maximum atomic E-state index is 11.6. The number of carbonyl (C=O) groups is 1. The second-order valence-corrected chi connectivity index (χ2v) is 8.22. The smallest absolute Gasteiger partial charge is 0.217 e. The molecule has 3 atom stereocenters. The lowest BCUT2D eigenvalue weighted by Crippen LogP contribution is -2.54. The number of likely N-dealkylation sites (tertiary alicyclic amines) is 1. The molecule has 1 aliphatic heterocycles. The predicted octanol–water partition coefficient (Wildman–Crippen LogP) is 2.74. The van der Waals surface area contributed by atoms with Gasteiger partial charge in [0.2, 0.25) is 5.91 Å². The molecule has 2 aliphatic rings. The molecule has 0 bridgehead atoms. The number of carbonyl (C=O) groups excluding carboxylic acids is 1. The van der Waals surface area contributed by atoms with Crippen LogP contribution in [0, 0.1) is 0 Å². The number of nitrogens with zero attached hydrogens (tertiary/aromatic N) is 3. The van der Waals surface area contributed by atoms with Crippen LogP contribution < -0.4 is 5.32 Å². The van der Waals surface area contributed by atoms with Gasteiger partial charge < -0.3 is 10.1 Å². The van der Waals surface area contributed by atoms with E-state index in [4.69, 9.17) is 9.84 Å². The van der Waals surface area contributed by atoms with Crippen molar-refractivity contribution in [1.29, 1.82) is 0 Å². The van der Waals surface area contributed by atoms with Gasteiger partial charge in [-0.25, -0.2) is 0 Å². The molecule has 1 aliphatic carbocycles. The minimum atomic E-state index is -0.0932. The lowest BCUT2D eigenvalue weighted by Gasteiger charge is -2.44. The van der Waals surface area contributed by atoms with Gasteiger partial charge in [0, 0.05) is 63.6 Å². The number of methoxy groups -OCH3 is 1. The summed E-state index contributed by atoms with van der Waals surface area (Å²) in [4.78, 5) is 14.1. The molecular weight excluding hydrogens is 352 g/mol. The highest BCUT2D eigenvalue weighted by Crippen LogP contribution is 2.43. The van der Waals surface area contributed by atoms with E-state index in [-0.39, 0.29) is 17.6 Å². The molecule has 1 saturated carbocycles. The first-order chi connectivity index (χ1) is 13.5. The van der Waals surface area contributed by atoms with Gasteiger partial charge in [-0.15, -0.1) is 0 Å². The van der Waals surface area contributed by atoms with E-state index in [0.717, 1.165) is 50.0 Å². The maximum Gasteiger partial charge on any atom is 0.217 e. The molecular formula is C22H30N4O2. The van der Waals surface area contributed by atoms with Crippen LogP contribution in [0.2, 0.25) is 0 Å². The van der Waals surface area contributed by atoms with Gasteiger partial charge in [-0.3, -0.25) is 14.4 Å². The van der Waals surface area contributed by atoms with Crippen LogP contribution >= 0.6 is 0 Å². The third kappa shape index (κ3) is 3.59. The number of hydrogen-bond acceptors (Lipinski definition) is 4. The minimum Gasteiger partial charge on any atom is -0.377 e. The maximum absolute atomic E-state index is 11.6. The van der Waals surface area contributed by atoms with Crippen molar-refractivity contribution < 1.29 is 9.53 Å². The second-order valence-electron chi connectivity index (χ2n) is 8.22. The van der Waals surface area contributed by atoms with Gasteiger partial charge in [0.15, 0.2) is 0 Å². The van der Waals surface area contributed by atoms with Crippen molar-refractivity contribution in [3.8, 4) is 11.3 Å². The first-order valence-electron chi connectivity index (χ1n) is 10.1. The van der Waals surface area contributed by atoms with Crippen LogP contribution in [0.3, 0.4) is 0 Å². The average molecular weight is 383 g/mol. The molecule has 2 heterocycles. The third-order valence-corrected chi connectivity index (χ3v) is 6.43. The van der Waals surface area contributed by atoms with E-state index in [1.54, 1.807) is 6.92 Å². The van der Waals surface area contributed by atoms with E-state index in [0.29, 0.717) is 6.04 Å². The second kappa shape index (κ2) is 7.68. The molecule has 0 unspecified atom stereocenters. The fraction of sp³-hybridized carbons (Fsp3) is 0.545. The first kappa shape index (κ1) is 19.2. The third-order valence-electron chi connectivity index (χ3n) is 6.43. The highest BCUT2D eigenvalue weighted by atomic mass is 16.5. The fourth-order valence-electron chi connectivity index (χ4n) is 5.11. The average Bonchev–Trinajstić information content (AvgIpc) is 3.23. The topological polar surface area (TPSA) is 59.4 Å². The quantitative estimate of drug-likeness (QED) is 0.864. The van der Waals surface area contributed by atoms with E-state index >= 15 is 0 Å². The van der Waals surface area contributed by atoms with E-state index < -0.39 is 0 Å². The van der Waals surface area contributed by atoms with Gasteiger partial charge in [0.05, 0.1) is 11.3 Å². The molecule has 6 heteroatoms. The number of aryl methyl sites for hydroxylation is 1. The predicted molar refractivity (Wildman–Crippen MR) is 109 cm³/mol. The number of amides is 1. The summed E-state index contributed by atoms with van der Waals surface area (Å²) in [6, 6.07) is 10.9. The van der Waals surface area contributed by atoms with Gasteiger partial charge in [0.1, 0.15) is 0 Å². The molecule has 0 spiro atoms. The molecule has 0 radical (unpaired) electrons. The number of benzene rings is 1. The zero-order chi connectivity index (χ0) is 19.7. The van der Waals surface area contributed by atoms with Crippen LogP contribution in [-0.2, 0) is 23.1 Å². The summed E-state index contributed by atoms with van der Waals surface area (Å²) in [5, 5.41) is 7.84. The summed E-state index contributed by atoms with van der Waals surface area (Å²) < 4.78 is 7.97. The lowest BCUT2D eigenvalue weighted by atomic mass is 9.78. The van der Waals surface area contributed by atoms with Gasteiger partial charge in [0.25, 0.3) is 0 Å². The molecule has 1 N–H and O–H groups in total. The number of rotatable bonds is 5. The molecule has 1 aromatic heterocycles. The number of aromatic nitrogens is 2. The zero-order valence-electron chi connectivity index (χ0n) is 17.0. The normalized spacial score (nSPS) is 27.5. The van der Waals surface area contributed by atoms with Crippen LogP contribution in [-0.4, -0.2) is 51.9 Å². The van der Waals surface area contributed by atoms with E-state index in [9.17, 15) is 4.79 Å². The molecule has 1 amide bonds. The van der Waals surface area contributed by atoms with E-state index in [1.165, 1.54) is 5.56 Å². The zero-order valence-corrected chi connectivity index (χ0v) is 17.0. The molecule has 2 fully saturated rings. The Kier molecular flexibility index (Phi) is 5.25. The van der Waals surface area contributed by atoms with Crippen molar-refractivity contribution in [3.05, 3.63) is 42.1 Å². The van der Waals surface area contributed by atoms with Gasteiger partial charge in [-0.1, -0.05) is 30.3 Å². The Morgan fingerprint density at radius 3 is 2.82 bits per heavy atom. The Morgan fingerprint density at radius 1 is 1.32 bits per heavy atom. The van der Waals surface area contributed by atoms with Gasteiger partial charge in [-0.05, 0) is 25.7 Å². The van der Waals surface area contributed by atoms with Crippen LogP contribution in [0.1, 0.15) is 38.2 Å². The SMILES string of the molecule is CO[C@@]12CC[C@@H](NC(C)=O)C[C@@H]1N(Cc1cn(C)nc1-c1ccccc1)CC2. The Hall–Kier alpha value is -2.18. The summed E-state index contributed by atoms with van der Waals surface area (Å²) in [6.45, 7) is 3.46. The highest BCUT2D eigenvalue weighted by molar-refractivity contribution is 5.73. The van der Waals surface area contributed by atoms with E-state index in [2.05, 4.69) is 40.7 Å². The fourth-order valence-corrected chi connectivity index (χ4v) is 5.11. The minimum absolute atomic E-state index is 0.0538. The number of fused-ring (bicyclic) bond motifs is 1. The van der Waals surface area contributed by atoms with Crippen LogP contribution in [0.5, 0.6) is 0 Å². The molecule has 6 nitrogen and oxygen atoms in total. The monoisotopic (exact) mass is 382 g/mol. The standard InChI is InChI=1S/C22H30N4O2/c1-16(27)23-19-9-10-22(28-3)11-12-26(20(22)13-19)15-18-14-25(2)24-21(18)17-7-5-4-6-8-17/h4-8,14,19-20H,9-13,15H2,1-3H3,(H,23,27)/t19-,20+,22-/m1/s1. The molecule has 1 aromatic carbocycles. The Balaban J connectivity index is 1.58. The summed E-state index contributed by atoms with van der Waals surface area (Å²) in [5.74, 6) is 0.0538. The van der Waals surface area contributed by atoms with Crippen molar-refractivity contribution in [2.75, 3.05) is 13.7 Å². The molecule has 2 aromatic rings. The summed E-state index contributed by atoms with van der Waals surface area (Å²) >= 11 is 0. The molecule has 150 valence electrons. The summed E-state index contributed by atoms with van der Waals surface area (Å²) in [7, 11) is 3.82. The number of nitrogens with one attached hydrogen (secondary N) is 1. The summed E-state index contributed by atoms with van der Waals surface area (Å²) in [6.07, 6.45) is 6.09. The first-order valence-corrected chi connectivity index (χ1v) is 10.1. The molecule has 28 heavy (non-hydrogen) atoms. The van der Waals surface area contributed by atoms with Crippen molar-refractivity contribution >= 4 is 5.91 Å². The lowest BCUT2D eigenvalue weighted by molar-refractivity contribution is -0.121. The van der Waals surface area contributed by atoms with Crippen molar-refractivity contribution in [2.45, 2.75) is 56.8 Å². The summed E-state index contributed by atoms with van der Waals surface area (Å²) in [5.41, 5.74) is 3.34. The molecule has 1 saturated heterocycles. The van der Waals surface area contributed by atoms with Crippen molar-refractivity contribution in [2.24, 2.45) is 7.05 Å². The number of hydrogen-bond donors (Lipinski definition) is 1. The number of ether oxygens (including phenoxy) is 1. The molecule has 4 rings (SSSR count). The van der Waals surface area contributed by atoms with Gasteiger partial charge >= 0.3 is 0 Å². The van der Waals surface area contributed by atoms with Crippen LogP contribution in [0.4, 0.5) is 0 Å².